The summed E-state index contributed by atoms with van der Waals surface area (Å²) in [5, 5.41) is 12.6. The molecule has 1 amide bonds. The Bertz CT molecular complexity index is 1240. The number of carbonyl (C=O) groups excluding carboxylic acids is 1. The van der Waals surface area contributed by atoms with Crippen molar-refractivity contribution in [3.8, 4) is 11.8 Å². The van der Waals surface area contributed by atoms with E-state index in [1.54, 1.807) is 18.5 Å². The molecule has 1 N–H and O–H groups in total. The normalized spacial score (nSPS) is 11.6. The van der Waals surface area contributed by atoms with Crippen LogP contribution in [-0.4, -0.2) is 15.9 Å². The van der Waals surface area contributed by atoms with Gasteiger partial charge in [0.2, 0.25) is 5.91 Å². The Kier molecular flexibility index (Phi) is 6.15. The van der Waals surface area contributed by atoms with Crippen LogP contribution in [0.2, 0.25) is 0 Å². The molecule has 1 atom stereocenters. The first-order valence-electron chi connectivity index (χ1n) is 9.46. The van der Waals surface area contributed by atoms with E-state index in [1.165, 1.54) is 23.5 Å². The van der Waals surface area contributed by atoms with Gasteiger partial charge < -0.3 is 10.1 Å². The van der Waals surface area contributed by atoms with Crippen molar-refractivity contribution in [3.63, 3.8) is 0 Å². The van der Waals surface area contributed by atoms with Crippen molar-refractivity contribution in [3.05, 3.63) is 88.9 Å². The summed E-state index contributed by atoms with van der Waals surface area (Å²) >= 11 is 1.21. The summed E-state index contributed by atoms with van der Waals surface area (Å²) < 4.78 is 19.8. The number of pyridine rings is 1. The minimum atomic E-state index is -1.05. The monoisotopic (exact) mass is 432 g/mol. The van der Waals surface area contributed by atoms with E-state index in [0.717, 1.165) is 15.8 Å². The summed E-state index contributed by atoms with van der Waals surface area (Å²) in [6.45, 7) is 0.680. The van der Waals surface area contributed by atoms with Gasteiger partial charge in [-0.2, -0.15) is 5.26 Å². The van der Waals surface area contributed by atoms with Gasteiger partial charge in [-0.15, -0.1) is 11.3 Å². The zero-order valence-electron chi connectivity index (χ0n) is 16.3. The SMILES string of the molecule is N#C[C@H](C(=O)NCc1ccc(OCc2cccnc2)cc1)c1nc2cc(F)ccc2s1. The molecule has 0 aliphatic heterocycles. The molecular formula is C23H17FN4O2S. The van der Waals surface area contributed by atoms with Crippen LogP contribution < -0.4 is 10.1 Å². The molecule has 0 radical (unpaired) electrons. The van der Waals surface area contributed by atoms with E-state index < -0.39 is 17.6 Å². The third-order valence-electron chi connectivity index (χ3n) is 4.52. The van der Waals surface area contributed by atoms with Gasteiger partial charge in [0.15, 0.2) is 5.92 Å². The van der Waals surface area contributed by atoms with E-state index in [2.05, 4.69) is 15.3 Å². The van der Waals surface area contributed by atoms with Crippen LogP contribution >= 0.6 is 11.3 Å². The number of carbonyl (C=O) groups is 1. The fourth-order valence-corrected chi connectivity index (χ4v) is 3.90. The van der Waals surface area contributed by atoms with Crippen molar-refractivity contribution in [2.75, 3.05) is 0 Å². The fourth-order valence-electron chi connectivity index (χ4n) is 2.91. The van der Waals surface area contributed by atoms with Crippen molar-refractivity contribution in [2.45, 2.75) is 19.1 Å². The Labute approximate surface area is 182 Å². The number of nitriles is 1. The number of nitrogens with zero attached hydrogens (tertiary/aromatic N) is 3. The summed E-state index contributed by atoms with van der Waals surface area (Å²) in [5.74, 6) is -1.20. The highest BCUT2D eigenvalue weighted by Crippen LogP contribution is 2.28. The third kappa shape index (κ3) is 5.02. The first kappa shape index (κ1) is 20.4. The molecule has 154 valence electrons. The van der Waals surface area contributed by atoms with E-state index >= 15 is 0 Å². The molecule has 6 nitrogen and oxygen atoms in total. The molecule has 2 heterocycles. The van der Waals surface area contributed by atoms with Gasteiger partial charge in [-0.25, -0.2) is 9.37 Å². The Morgan fingerprint density at radius 2 is 2.03 bits per heavy atom. The number of aromatic nitrogens is 2. The number of rotatable bonds is 7. The zero-order chi connectivity index (χ0) is 21.6. The number of nitrogens with one attached hydrogen (secondary N) is 1. The van der Waals surface area contributed by atoms with Crippen molar-refractivity contribution < 1.29 is 13.9 Å². The smallest absolute Gasteiger partial charge is 0.244 e. The minimum absolute atomic E-state index is 0.263. The van der Waals surface area contributed by atoms with Gasteiger partial charge in [-0.1, -0.05) is 18.2 Å². The van der Waals surface area contributed by atoms with Crippen LogP contribution in [-0.2, 0) is 17.9 Å². The van der Waals surface area contributed by atoms with Crippen LogP contribution in [0.25, 0.3) is 10.2 Å². The lowest BCUT2D eigenvalue weighted by Crippen LogP contribution is -2.28. The highest BCUT2D eigenvalue weighted by molar-refractivity contribution is 7.18. The summed E-state index contributed by atoms with van der Waals surface area (Å²) in [4.78, 5) is 20.8. The van der Waals surface area contributed by atoms with E-state index in [4.69, 9.17) is 4.74 Å². The third-order valence-corrected chi connectivity index (χ3v) is 5.62. The second-order valence-corrected chi connectivity index (χ2v) is 7.80. The first-order valence-corrected chi connectivity index (χ1v) is 10.3. The van der Waals surface area contributed by atoms with Gasteiger partial charge in [-0.05, 0) is 35.9 Å². The Balaban J connectivity index is 1.35. The van der Waals surface area contributed by atoms with Gasteiger partial charge >= 0.3 is 0 Å². The van der Waals surface area contributed by atoms with Gasteiger partial charge in [0.05, 0.1) is 16.3 Å². The Morgan fingerprint density at radius 1 is 1.19 bits per heavy atom. The topological polar surface area (TPSA) is 87.9 Å². The maximum absolute atomic E-state index is 13.4. The summed E-state index contributed by atoms with van der Waals surface area (Å²) in [6, 6.07) is 17.3. The average molecular weight is 432 g/mol. The molecule has 2 aromatic carbocycles. The molecule has 0 aliphatic rings. The maximum Gasteiger partial charge on any atom is 0.244 e. The highest BCUT2D eigenvalue weighted by atomic mass is 32.1. The number of benzene rings is 2. The molecule has 0 saturated carbocycles. The van der Waals surface area contributed by atoms with Gasteiger partial charge in [0.1, 0.15) is 23.2 Å². The number of halogens is 1. The van der Waals surface area contributed by atoms with Crippen LogP contribution in [0.15, 0.2) is 67.0 Å². The highest BCUT2D eigenvalue weighted by Gasteiger charge is 2.24. The number of hydrogen-bond acceptors (Lipinski definition) is 6. The van der Waals surface area contributed by atoms with Crippen molar-refractivity contribution in [1.29, 1.82) is 5.26 Å². The lowest BCUT2D eigenvalue weighted by atomic mass is 10.1. The summed E-state index contributed by atoms with van der Waals surface area (Å²) in [5.41, 5.74) is 2.28. The molecule has 0 saturated heterocycles. The predicted octanol–water partition coefficient (Wildman–Crippen LogP) is 4.33. The summed E-state index contributed by atoms with van der Waals surface area (Å²) in [7, 11) is 0. The van der Waals surface area contributed by atoms with Crippen LogP contribution in [0.4, 0.5) is 4.39 Å². The fraction of sp³-hybridized carbons (Fsp3) is 0.130. The largest absolute Gasteiger partial charge is 0.489 e. The first-order chi connectivity index (χ1) is 15.1. The predicted molar refractivity (Wildman–Crippen MR) is 115 cm³/mol. The molecule has 4 rings (SSSR count). The zero-order valence-corrected chi connectivity index (χ0v) is 17.1. The molecule has 2 aromatic heterocycles. The van der Waals surface area contributed by atoms with Crippen LogP contribution in [0, 0.1) is 17.1 Å². The Hall–Kier alpha value is -3.83. The second-order valence-electron chi connectivity index (χ2n) is 6.74. The van der Waals surface area contributed by atoms with E-state index in [0.29, 0.717) is 22.9 Å². The molecule has 0 bridgehead atoms. The molecule has 4 aromatic rings. The standard InChI is InChI=1S/C23H17FN4O2S/c24-17-5-8-21-20(10-17)28-23(31-21)19(11-25)22(29)27-13-15-3-6-18(7-4-15)30-14-16-2-1-9-26-12-16/h1-10,12,19H,13-14H2,(H,27,29)/t19-/m1/s1. The van der Waals surface area contributed by atoms with Gasteiger partial charge in [-0.3, -0.25) is 9.78 Å². The maximum atomic E-state index is 13.4. The molecule has 0 aliphatic carbocycles. The number of hydrogen-bond donors (Lipinski definition) is 1. The van der Waals surface area contributed by atoms with Crippen molar-refractivity contribution in [2.24, 2.45) is 0 Å². The van der Waals surface area contributed by atoms with Gasteiger partial charge in [0, 0.05) is 30.6 Å². The molecule has 0 spiro atoms. The van der Waals surface area contributed by atoms with E-state index in [9.17, 15) is 14.4 Å². The summed E-state index contributed by atoms with van der Waals surface area (Å²) in [6.07, 6.45) is 3.46. The molecule has 8 heteroatoms. The van der Waals surface area contributed by atoms with Crippen molar-refractivity contribution >= 4 is 27.5 Å². The van der Waals surface area contributed by atoms with E-state index in [1.807, 2.05) is 42.5 Å². The molecule has 31 heavy (non-hydrogen) atoms. The van der Waals surface area contributed by atoms with Crippen molar-refractivity contribution in [1.82, 2.24) is 15.3 Å². The number of ether oxygens (including phenoxy) is 1. The quantitative estimate of drug-likeness (QED) is 0.470. The number of thiazole rings is 1. The Morgan fingerprint density at radius 3 is 2.77 bits per heavy atom. The van der Waals surface area contributed by atoms with Gasteiger partial charge in [0.25, 0.3) is 0 Å². The van der Waals surface area contributed by atoms with Crippen LogP contribution in [0.5, 0.6) is 5.75 Å². The van der Waals surface area contributed by atoms with Crippen LogP contribution in [0.3, 0.4) is 0 Å². The van der Waals surface area contributed by atoms with Crippen LogP contribution in [0.1, 0.15) is 22.1 Å². The van der Waals surface area contributed by atoms with E-state index in [-0.39, 0.29) is 6.54 Å². The average Bonchev–Trinajstić information content (AvgIpc) is 3.20. The minimum Gasteiger partial charge on any atom is -0.489 e. The lowest BCUT2D eigenvalue weighted by molar-refractivity contribution is -0.121. The molecule has 0 fully saturated rings. The number of fused-ring (bicyclic) bond motifs is 1. The molecule has 0 unspecified atom stereocenters. The molecular weight excluding hydrogens is 415 g/mol. The number of amides is 1. The lowest BCUT2D eigenvalue weighted by Gasteiger charge is -2.10. The second kappa shape index (κ2) is 9.32.